The maximum absolute atomic E-state index is 14.1. The topological polar surface area (TPSA) is 137 Å². The van der Waals surface area contributed by atoms with Gasteiger partial charge in [-0.05, 0) is 73.9 Å². The number of carbonyl (C=O) groups excluding carboxylic acids is 3. The number of carbonyl (C=O) groups is 3. The SMILES string of the molecule is C=Cc1ccc(CC(C)N2CCC3CN(Cc4ccc(F)cc4)C(=O)N3C(CCCN=C(N)N)C2=O)cc1/C=C\C.CNC=O. The van der Waals surface area contributed by atoms with Crippen LogP contribution in [0.1, 0.15) is 55.4 Å². The van der Waals surface area contributed by atoms with E-state index in [1.54, 1.807) is 29.0 Å². The molecule has 2 aromatic carbocycles. The maximum Gasteiger partial charge on any atom is 0.321 e. The van der Waals surface area contributed by atoms with E-state index in [0.717, 1.165) is 22.3 Å². The average molecular weight is 620 g/mol. The van der Waals surface area contributed by atoms with E-state index in [9.17, 15) is 14.0 Å². The summed E-state index contributed by atoms with van der Waals surface area (Å²) in [6.07, 6.45) is 8.95. The number of guanidine groups is 1. The highest BCUT2D eigenvalue weighted by molar-refractivity contribution is 5.89. The van der Waals surface area contributed by atoms with Gasteiger partial charge in [0.15, 0.2) is 5.96 Å². The van der Waals surface area contributed by atoms with Crippen molar-refractivity contribution in [1.29, 1.82) is 0 Å². The van der Waals surface area contributed by atoms with E-state index in [1.165, 1.54) is 12.1 Å². The molecule has 4 amide bonds. The van der Waals surface area contributed by atoms with E-state index in [-0.39, 0.29) is 35.8 Å². The van der Waals surface area contributed by atoms with E-state index >= 15 is 0 Å². The molecule has 0 bridgehead atoms. The van der Waals surface area contributed by atoms with Gasteiger partial charge in [-0.15, -0.1) is 0 Å². The first-order valence-electron chi connectivity index (χ1n) is 15.3. The number of urea groups is 1. The fourth-order valence-electron chi connectivity index (χ4n) is 5.91. The van der Waals surface area contributed by atoms with Crippen LogP contribution in [0.2, 0.25) is 0 Å². The zero-order chi connectivity index (χ0) is 32.9. The molecule has 2 aliphatic rings. The highest BCUT2D eigenvalue weighted by Gasteiger charge is 2.47. The third kappa shape index (κ3) is 9.41. The number of nitrogens with one attached hydrogen (secondary N) is 1. The fourth-order valence-corrected chi connectivity index (χ4v) is 5.91. The van der Waals surface area contributed by atoms with Crippen molar-refractivity contribution in [2.45, 2.75) is 64.2 Å². The van der Waals surface area contributed by atoms with Crippen LogP contribution in [0.3, 0.4) is 0 Å². The maximum atomic E-state index is 14.1. The Balaban J connectivity index is 0.00000130. The van der Waals surface area contributed by atoms with Gasteiger partial charge in [-0.2, -0.15) is 0 Å². The van der Waals surface area contributed by atoms with Gasteiger partial charge in [-0.3, -0.25) is 14.6 Å². The second-order valence-corrected chi connectivity index (χ2v) is 11.3. The molecular formula is C34H46FN7O3. The van der Waals surface area contributed by atoms with Crippen LogP contribution in [-0.2, 0) is 22.6 Å². The second kappa shape index (κ2) is 17.0. The number of amides is 4. The Morgan fingerprint density at radius 1 is 1.16 bits per heavy atom. The van der Waals surface area contributed by atoms with Crippen molar-refractivity contribution in [3.05, 3.63) is 83.2 Å². The largest absolute Gasteiger partial charge is 0.370 e. The second-order valence-electron chi connectivity index (χ2n) is 11.3. The van der Waals surface area contributed by atoms with Crippen molar-refractivity contribution in [1.82, 2.24) is 20.0 Å². The number of hydrogen-bond donors (Lipinski definition) is 3. The highest BCUT2D eigenvalue weighted by atomic mass is 19.1. The Kier molecular flexibility index (Phi) is 13.1. The molecule has 2 heterocycles. The summed E-state index contributed by atoms with van der Waals surface area (Å²) in [5.74, 6) is -0.350. The van der Waals surface area contributed by atoms with Crippen molar-refractivity contribution in [3.63, 3.8) is 0 Å². The van der Waals surface area contributed by atoms with Gasteiger partial charge in [0.05, 0.1) is 6.04 Å². The van der Waals surface area contributed by atoms with Gasteiger partial charge in [0, 0.05) is 39.3 Å². The molecule has 0 aromatic heterocycles. The minimum absolute atomic E-state index is 0.00722. The molecule has 242 valence electrons. The van der Waals surface area contributed by atoms with Gasteiger partial charge in [-0.1, -0.05) is 55.1 Å². The first-order chi connectivity index (χ1) is 21.6. The molecule has 10 nitrogen and oxygen atoms in total. The zero-order valence-corrected chi connectivity index (χ0v) is 26.5. The van der Waals surface area contributed by atoms with E-state index in [2.05, 4.69) is 48.1 Å². The quantitative estimate of drug-likeness (QED) is 0.144. The predicted molar refractivity (Wildman–Crippen MR) is 177 cm³/mol. The summed E-state index contributed by atoms with van der Waals surface area (Å²) in [6, 6.07) is 11.6. The predicted octanol–water partition coefficient (Wildman–Crippen LogP) is 3.76. The number of hydrogen-bond acceptors (Lipinski definition) is 4. The van der Waals surface area contributed by atoms with Gasteiger partial charge in [0.2, 0.25) is 12.3 Å². The molecule has 3 unspecified atom stereocenters. The molecule has 0 aliphatic carbocycles. The number of nitrogens with zero attached hydrogens (tertiary/aromatic N) is 4. The van der Waals surface area contributed by atoms with Crippen LogP contribution in [0.25, 0.3) is 12.2 Å². The molecule has 0 radical (unpaired) electrons. The molecule has 45 heavy (non-hydrogen) atoms. The zero-order valence-electron chi connectivity index (χ0n) is 26.5. The summed E-state index contributed by atoms with van der Waals surface area (Å²) < 4.78 is 13.4. The smallest absolute Gasteiger partial charge is 0.321 e. The van der Waals surface area contributed by atoms with E-state index in [0.29, 0.717) is 58.3 Å². The molecule has 0 saturated carbocycles. The van der Waals surface area contributed by atoms with Crippen LogP contribution in [0.15, 0.2) is 60.1 Å². The highest BCUT2D eigenvalue weighted by Crippen LogP contribution is 2.30. The lowest BCUT2D eigenvalue weighted by Gasteiger charge is -2.33. The van der Waals surface area contributed by atoms with Crippen LogP contribution in [-0.4, -0.2) is 83.8 Å². The molecule has 0 spiro atoms. The summed E-state index contributed by atoms with van der Waals surface area (Å²) in [6.45, 7) is 9.81. The van der Waals surface area contributed by atoms with Crippen LogP contribution >= 0.6 is 0 Å². The molecule has 2 saturated heterocycles. The summed E-state index contributed by atoms with van der Waals surface area (Å²) in [4.78, 5) is 46.5. The molecule has 2 aromatic rings. The van der Waals surface area contributed by atoms with Gasteiger partial charge < -0.3 is 31.5 Å². The lowest BCUT2D eigenvalue weighted by molar-refractivity contribution is -0.136. The van der Waals surface area contributed by atoms with Crippen molar-refractivity contribution in [3.8, 4) is 0 Å². The Morgan fingerprint density at radius 2 is 1.84 bits per heavy atom. The monoisotopic (exact) mass is 619 g/mol. The van der Waals surface area contributed by atoms with Gasteiger partial charge in [0.25, 0.3) is 0 Å². The standard InChI is InChI=1S/C32H41FN6O2.C2H5NO/c1-4-7-26-19-24(9-12-25(26)5-2)18-22(3)38-17-15-28-21-37(20-23-10-13-27(33)14-11-23)32(41)39(28)29(30(38)40)8-6-16-36-31(34)35;1-3-2-4/h4-5,7,9-14,19,22,28-29H,2,6,8,15-18,20-21H2,1,3H3,(H4,34,35,36);2H,1H3,(H,3,4)/b7-4-;. The fraction of sp³-hybridized carbons (Fsp3) is 0.412. The number of halogens is 1. The molecule has 11 heteroatoms. The molecule has 4 rings (SSSR count). The van der Waals surface area contributed by atoms with Crippen LogP contribution in [0.4, 0.5) is 9.18 Å². The molecular weight excluding hydrogens is 573 g/mol. The lowest BCUT2D eigenvalue weighted by atomic mass is 9.98. The van der Waals surface area contributed by atoms with Crippen LogP contribution in [0.5, 0.6) is 0 Å². The normalized spacial score (nSPS) is 18.5. The third-order valence-corrected chi connectivity index (χ3v) is 8.04. The van der Waals surface area contributed by atoms with Gasteiger partial charge in [0.1, 0.15) is 11.9 Å². The number of aliphatic imine (C=N–C) groups is 1. The summed E-state index contributed by atoms with van der Waals surface area (Å²) in [5.41, 5.74) is 15.2. The first kappa shape index (κ1) is 34.8. The van der Waals surface area contributed by atoms with Crippen molar-refractivity contribution in [2.75, 3.05) is 26.7 Å². The minimum atomic E-state index is -0.605. The van der Waals surface area contributed by atoms with Crippen LogP contribution in [0, 0.1) is 5.82 Å². The number of rotatable bonds is 12. The van der Waals surface area contributed by atoms with Crippen molar-refractivity contribution < 1.29 is 18.8 Å². The average Bonchev–Trinajstić information content (AvgIpc) is 3.24. The van der Waals surface area contributed by atoms with Gasteiger partial charge in [-0.25, -0.2) is 9.18 Å². The number of allylic oxidation sites excluding steroid dienone is 1. The molecule has 2 aliphatic heterocycles. The Bertz CT molecular complexity index is 1370. The Hall–Kier alpha value is -4.67. The summed E-state index contributed by atoms with van der Waals surface area (Å²) in [5, 5.41) is 2.25. The van der Waals surface area contributed by atoms with Crippen LogP contribution < -0.4 is 16.8 Å². The van der Waals surface area contributed by atoms with Gasteiger partial charge >= 0.3 is 6.03 Å². The van der Waals surface area contributed by atoms with E-state index in [4.69, 9.17) is 16.3 Å². The van der Waals surface area contributed by atoms with E-state index in [1.807, 2.05) is 24.0 Å². The summed E-state index contributed by atoms with van der Waals surface area (Å²) >= 11 is 0. The lowest BCUT2D eigenvalue weighted by Crippen LogP contribution is -2.51. The Labute approximate surface area is 265 Å². The molecule has 5 N–H and O–H groups in total. The Morgan fingerprint density at radius 3 is 2.47 bits per heavy atom. The van der Waals surface area contributed by atoms with E-state index < -0.39 is 6.04 Å². The van der Waals surface area contributed by atoms with Crippen molar-refractivity contribution in [2.24, 2.45) is 16.5 Å². The first-order valence-corrected chi connectivity index (χ1v) is 15.3. The molecule has 3 atom stereocenters. The number of nitrogens with two attached hydrogens (primary N) is 2. The summed E-state index contributed by atoms with van der Waals surface area (Å²) in [7, 11) is 1.56. The van der Waals surface area contributed by atoms with Crippen molar-refractivity contribution >= 4 is 36.5 Å². The number of benzene rings is 2. The third-order valence-electron chi connectivity index (χ3n) is 8.04. The minimum Gasteiger partial charge on any atom is -0.370 e. The number of fused-ring (bicyclic) bond motifs is 1. The molecule has 2 fully saturated rings.